The van der Waals surface area contributed by atoms with Crippen molar-refractivity contribution in [2.45, 2.75) is 12.8 Å². The van der Waals surface area contributed by atoms with Crippen molar-refractivity contribution < 1.29 is 24.2 Å². The van der Waals surface area contributed by atoms with Crippen LogP contribution in [-0.2, 0) is 11.2 Å². The van der Waals surface area contributed by atoms with Crippen LogP contribution in [0.2, 0.25) is 0 Å². The summed E-state index contributed by atoms with van der Waals surface area (Å²) in [5.74, 6) is -0.331. The normalized spacial score (nSPS) is 16.1. The number of carbonyl (C=O) groups excluding carboxylic acids is 1. The second-order valence-corrected chi connectivity index (χ2v) is 4.20. The molecule has 1 N–H and O–H groups in total. The fraction of sp³-hybridized carbons (Fsp3) is 0.286. The monoisotopic (exact) mass is 262 g/mol. The van der Waals surface area contributed by atoms with Gasteiger partial charge in [0.15, 0.2) is 17.3 Å². The molecule has 0 bridgehead atoms. The zero-order valence-electron chi connectivity index (χ0n) is 10.7. The molecular weight excluding hydrogens is 248 g/mol. The van der Waals surface area contributed by atoms with Crippen molar-refractivity contribution in [1.29, 1.82) is 0 Å². The van der Waals surface area contributed by atoms with Gasteiger partial charge in [-0.1, -0.05) is 0 Å². The molecule has 1 aromatic carbocycles. The fourth-order valence-corrected chi connectivity index (χ4v) is 2.18. The zero-order valence-corrected chi connectivity index (χ0v) is 10.7. The van der Waals surface area contributed by atoms with E-state index in [0.717, 1.165) is 11.6 Å². The summed E-state index contributed by atoms with van der Waals surface area (Å²) in [6.07, 6.45) is 2.01. The number of allylic oxidation sites excluding steroid dienone is 1. The van der Waals surface area contributed by atoms with E-state index in [1.165, 1.54) is 14.2 Å². The number of carboxylic acid groups (broad SMARTS) is 1. The van der Waals surface area contributed by atoms with Gasteiger partial charge >= 0.3 is 5.97 Å². The molecule has 1 aliphatic carbocycles. The molecule has 0 fully saturated rings. The fourth-order valence-electron chi connectivity index (χ4n) is 2.18. The van der Waals surface area contributed by atoms with Gasteiger partial charge in [0.25, 0.3) is 0 Å². The van der Waals surface area contributed by atoms with Crippen molar-refractivity contribution in [3.05, 3.63) is 34.9 Å². The molecule has 0 aliphatic heterocycles. The van der Waals surface area contributed by atoms with Gasteiger partial charge in [0.05, 0.1) is 14.2 Å². The first-order chi connectivity index (χ1) is 9.06. The maximum atomic E-state index is 12.2. The van der Waals surface area contributed by atoms with Gasteiger partial charge in [-0.25, -0.2) is 4.79 Å². The second kappa shape index (κ2) is 5.14. The number of rotatable bonds is 3. The lowest BCUT2D eigenvalue weighted by atomic mass is 9.86. The van der Waals surface area contributed by atoms with Crippen LogP contribution in [0, 0.1) is 0 Å². The third-order valence-corrected chi connectivity index (χ3v) is 3.11. The van der Waals surface area contributed by atoms with Gasteiger partial charge in [-0.15, -0.1) is 0 Å². The summed E-state index contributed by atoms with van der Waals surface area (Å²) in [5.41, 5.74) is 1.65. The lowest BCUT2D eigenvalue weighted by molar-refractivity contribution is -0.131. The van der Waals surface area contributed by atoms with Crippen LogP contribution in [0.25, 0.3) is 0 Å². The first-order valence-electron chi connectivity index (χ1n) is 5.80. The van der Waals surface area contributed by atoms with Crippen molar-refractivity contribution in [3.63, 3.8) is 0 Å². The largest absolute Gasteiger partial charge is 0.493 e. The molecule has 0 aromatic heterocycles. The van der Waals surface area contributed by atoms with E-state index in [1.54, 1.807) is 12.1 Å². The molecular formula is C14H14O5. The molecule has 1 aromatic rings. The smallest absolute Gasteiger partial charge is 0.328 e. The van der Waals surface area contributed by atoms with E-state index in [2.05, 4.69) is 0 Å². The highest BCUT2D eigenvalue weighted by molar-refractivity contribution is 6.13. The van der Waals surface area contributed by atoms with E-state index < -0.39 is 5.97 Å². The standard InChI is InChI=1S/C14H14O5/c1-18-11-5-8-3-4-9(6-13(15)16)14(17)10(8)7-12(11)19-2/h5-7H,3-4H2,1-2H3,(H,15,16)/b9-6+. The number of fused-ring (bicyclic) bond motifs is 1. The van der Waals surface area contributed by atoms with Crippen molar-refractivity contribution in [2.24, 2.45) is 0 Å². The Kier molecular flexibility index (Phi) is 3.55. The number of carbonyl (C=O) groups is 2. The van der Waals surface area contributed by atoms with Crippen LogP contribution in [0.3, 0.4) is 0 Å². The minimum absolute atomic E-state index is 0.260. The zero-order chi connectivity index (χ0) is 14.0. The third kappa shape index (κ3) is 2.45. The van der Waals surface area contributed by atoms with E-state index in [9.17, 15) is 9.59 Å². The lowest BCUT2D eigenvalue weighted by Gasteiger charge is -2.19. The first-order valence-corrected chi connectivity index (χ1v) is 5.80. The summed E-state index contributed by atoms with van der Waals surface area (Å²) in [6, 6.07) is 3.37. The van der Waals surface area contributed by atoms with E-state index in [1.807, 2.05) is 0 Å². The van der Waals surface area contributed by atoms with Crippen molar-refractivity contribution >= 4 is 11.8 Å². The second-order valence-electron chi connectivity index (χ2n) is 4.20. The van der Waals surface area contributed by atoms with Crippen LogP contribution in [0.15, 0.2) is 23.8 Å². The Hall–Kier alpha value is -2.30. The average Bonchev–Trinajstić information content (AvgIpc) is 2.40. The maximum absolute atomic E-state index is 12.2. The molecule has 5 heteroatoms. The predicted molar refractivity (Wildman–Crippen MR) is 67.9 cm³/mol. The van der Waals surface area contributed by atoms with E-state index >= 15 is 0 Å². The van der Waals surface area contributed by atoms with E-state index in [0.29, 0.717) is 35.5 Å². The van der Waals surface area contributed by atoms with Crippen LogP contribution in [0.1, 0.15) is 22.3 Å². The molecule has 1 aliphatic rings. The van der Waals surface area contributed by atoms with Gasteiger partial charge < -0.3 is 14.6 Å². The van der Waals surface area contributed by atoms with E-state index in [4.69, 9.17) is 14.6 Å². The molecule has 0 saturated carbocycles. The highest BCUT2D eigenvalue weighted by atomic mass is 16.5. The summed E-state index contributed by atoms with van der Waals surface area (Å²) in [5, 5.41) is 8.74. The molecule has 19 heavy (non-hydrogen) atoms. The molecule has 0 amide bonds. The summed E-state index contributed by atoms with van der Waals surface area (Å²) >= 11 is 0. The first kappa shape index (κ1) is 13.1. The summed E-state index contributed by atoms with van der Waals surface area (Å²) in [4.78, 5) is 22.9. The minimum Gasteiger partial charge on any atom is -0.493 e. The lowest BCUT2D eigenvalue weighted by Crippen LogP contribution is -2.16. The van der Waals surface area contributed by atoms with Gasteiger partial charge in [-0.05, 0) is 30.5 Å². The Balaban J connectivity index is 2.49. The number of Topliss-reactive ketones (excluding diaryl/α,β-unsaturated/α-hetero) is 1. The molecule has 0 spiro atoms. The number of benzene rings is 1. The van der Waals surface area contributed by atoms with Crippen molar-refractivity contribution in [1.82, 2.24) is 0 Å². The Bertz CT molecular complexity index is 571. The number of carboxylic acids is 1. The number of hydrogen-bond acceptors (Lipinski definition) is 4. The molecule has 0 saturated heterocycles. The molecule has 2 rings (SSSR count). The topological polar surface area (TPSA) is 72.8 Å². The maximum Gasteiger partial charge on any atom is 0.328 e. The highest BCUT2D eigenvalue weighted by Gasteiger charge is 2.24. The molecule has 0 radical (unpaired) electrons. The number of ketones is 1. The molecule has 0 heterocycles. The molecule has 0 unspecified atom stereocenters. The Morgan fingerprint density at radius 1 is 1.21 bits per heavy atom. The predicted octanol–water partition coefficient (Wildman–Crippen LogP) is 1.84. The number of aryl methyl sites for hydroxylation is 1. The van der Waals surface area contributed by atoms with Gasteiger partial charge in [-0.3, -0.25) is 4.79 Å². The van der Waals surface area contributed by atoms with Crippen LogP contribution >= 0.6 is 0 Å². The van der Waals surface area contributed by atoms with Gasteiger partial charge in [0.1, 0.15) is 0 Å². The minimum atomic E-state index is -1.10. The highest BCUT2D eigenvalue weighted by Crippen LogP contribution is 2.35. The quantitative estimate of drug-likeness (QED) is 0.841. The van der Waals surface area contributed by atoms with Crippen LogP contribution < -0.4 is 9.47 Å². The van der Waals surface area contributed by atoms with Gasteiger partial charge in [0.2, 0.25) is 0 Å². The van der Waals surface area contributed by atoms with Crippen molar-refractivity contribution in [2.75, 3.05) is 14.2 Å². The third-order valence-electron chi connectivity index (χ3n) is 3.11. The molecule has 0 atom stereocenters. The van der Waals surface area contributed by atoms with Gasteiger partial charge in [0, 0.05) is 17.2 Å². The summed E-state index contributed by atoms with van der Waals surface area (Å²) in [7, 11) is 3.02. The Labute approximate surface area is 110 Å². The SMILES string of the molecule is COc1cc2c(cc1OC)C(=O)/C(=C/C(=O)O)CC2. The summed E-state index contributed by atoms with van der Waals surface area (Å²) < 4.78 is 10.3. The Morgan fingerprint density at radius 2 is 1.84 bits per heavy atom. The van der Waals surface area contributed by atoms with Gasteiger partial charge in [-0.2, -0.15) is 0 Å². The van der Waals surface area contributed by atoms with Crippen LogP contribution in [0.5, 0.6) is 11.5 Å². The van der Waals surface area contributed by atoms with Crippen molar-refractivity contribution in [3.8, 4) is 11.5 Å². The number of ether oxygens (including phenoxy) is 2. The van der Waals surface area contributed by atoms with Crippen LogP contribution in [0.4, 0.5) is 0 Å². The summed E-state index contributed by atoms with van der Waals surface area (Å²) in [6.45, 7) is 0. The average molecular weight is 262 g/mol. The number of hydrogen-bond donors (Lipinski definition) is 1. The van der Waals surface area contributed by atoms with E-state index in [-0.39, 0.29) is 5.78 Å². The molecule has 5 nitrogen and oxygen atoms in total. The van der Waals surface area contributed by atoms with Crippen LogP contribution in [-0.4, -0.2) is 31.1 Å². The number of methoxy groups -OCH3 is 2. The molecule has 100 valence electrons. The Morgan fingerprint density at radius 3 is 2.42 bits per heavy atom. The number of aliphatic carboxylic acids is 1.